The second-order valence-electron chi connectivity index (χ2n) is 5.83. The molecule has 1 fully saturated rings. The molecule has 1 aromatic rings. The van der Waals surface area contributed by atoms with E-state index in [1.165, 1.54) is 36.8 Å². The minimum Gasteiger partial charge on any atom is -0.392 e. The molecule has 1 aromatic carbocycles. The summed E-state index contributed by atoms with van der Waals surface area (Å²) < 4.78 is 0. The number of fused-ring (bicyclic) bond motifs is 1. The molecule has 0 radical (unpaired) electrons. The fraction of sp³-hybridized carbons (Fsp3) is 0.625. The van der Waals surface area contributed by atoms with Crippen LogP contribution in [0.1, 0.15) is 43.2 Å². The first-order valence-corrected chi connectivity index (χ1v) is 7.34. The Bertz CT molecular complexity index is 404. The molecule has 1 unspecified atom stereocenters. The van der Waals surface area contributed by atoms with E-state index in [0.717, 1.165) is 19.3 Å². The lowest BCUT2D eigenvalue weighted by Gasteiger charge is -2.34. The third kappa shape index (κ3) is 2.60. The molecule has 3 rings (SSSR count). The molecular formula is C16H23NO. The highest BCUT2D eigenvalue weighted by molar-refractivity contribution is 5.30. The lowest BCUT2D eigenvalue weighted by atomic mass is 9.86. The first-order valence-electron chi connectivity index (χ1n) is 7.34. The van der Waals surface area contributed by atoms with Crippen LogP contribution in [-0.2, 0) is 12.8 Å². The van der Waals surface area contributed by atoms with Crippen molar-refractivity contribution in [3.05, 3.63) is 35.4 Å². The van der Waals surface area contributed by atoms with Gasteiger partial charge in [0.25, 0.3) is 0 Å². The Hall–Kier alpha value is -0.860. The summed E-state index contributed by atoms with van der Waals surface area (Å²) in [5, 5.41) is 13.7. The van der Waals surface area contributed by atoms with Crippen molar-refractivity contribution in [2.24, 2.45) is 0 Å². The van der Waals surface area contributed by atoms with Crippen molar-refractivity contribution >= 4 is 0 Å². The maximum Gasteiger partial charge on any atom is 0.0693 e. The molecule has 2 N–H and O–H groups in total. The third-order valence-corrected chi connectivity index (χ3v) is 4.53. The molecule has 0 aliphatic heterocycles. The van der Waals surface area contributed by atoms with Crippen LogP contribution in [0.15, 0.2) is 24.3 Å². The van der Waals surface area contributed by atoms with E-state index in [-0.39, 0.29) is 6.10 Å². The fourth-order valence-corrected chi connectivity index (χ4v) is 3.45. The van der Waals surface area contributed by atoms with Crippen molar-refractivity contribution < 1.29 is 5.11 Å². The van der Waals surface area contributed by atoms with Crippen molar-refractivity contribution in [2.75, 3.05) is 0 Å². The van der Waals surface area contributed by atoms with Gasteiger partial charge >= 0.3 is 0 Å². The minimum atomic E-state index is -0.129. The third-order valence-electron chi connectivity index (χ3n) is 4.53. The van der Waals surface area contributed by atoms with Crippen LogP contribution in [0.25, 0.3) is 0 Å². The summed E-state index contributed by atoms with van der Waals surface area (Å²) in [5.41, 5.74) is 3.01. The van der Waals surface area contributed by atoms with E-state index in [9.17, 15) is 5.11 Å². The highest BCUT2D eigenvalue weighted by atomic mass is 16.3. The normalized spacial score (nSPS) is 31.9. The van der Waals surface area contributed by atoms with Gasteiger partial charge < -0.3 is 10.4 Å². The predicted molar refractivity (Wildman–Crippen MR) is 73.7 cm³/mol. The summed E-state index contributed by atoms with van der Waals surface area (Å²) in [4.78, 5) is 0. The molecule has 0 spiro atoms. The van der Waals surface area contributed by atoms with Crippen molar-refractivity contribution in [1.82, 2.24) is 5.32 Å². The number of aliphatic hydroxyl groups excluding tert-OH is 1. The molecule has 2 aliphatic carbocycles. The van der Waals surface area contributed by atoms with E-state index in [4.69, 9.17) is 0 Å². The Morgan fingerprint density at radius 2 is 1.78 bits per heavy atom. The average molecular weight is 245 g/mol. The maximum atomic E-state index is 10.0. The quantitative estimate of drug-likeness (QED) is 0.839. The Labute approximate surface area is 109 Å². The first-order chi connectivity index (χ1) is 8.83. The topological polar surface area (TPSA) is 32.3 Å². The minimum absolute atomic E-state index is 0.129. The van der Waals surface area contributed by atoms with Gasteiger partial charge in [0.05, 0.1) is 6.10 Å². The summed E-state index contributed by atoms with van der Waals surface area (Å²) in [6.45, 7) is 0. The van der Waals surface area contributed by atoms with Crippen LogP contribution in [0.4, 0.5) is 0 Å². The zero-order valence-electron chi connectivity index (χ0n) is 10.9. The van der Waals surface area contributed by atoms with E-state index < -0.39 is 0 Å². The van der Waals surface area contributed by atoms with Crippen LogP contribution >= 0.6 is 0 Å². The van der Waals surface area contributed by atoms with Gasteiger partial charge in [0.15, 0.2) is 0 Å². The fourth-order valence-electron chi connectivity index (χ4n) is 3.45. The van der Waals surface area contributed by atoms with Gasteiger partial charge in [-0.15, -0.1) is 0 Å². The maximum absolute atomic E-state index is 10.0. The largest absolute Gasteiger partial charge is 0.392 e. The molecule has 3 atom stereocenters. The Morgan fingerprint density at radius 3 is 2.61 bits per heavy atom. The lowest BCUT2D eigenvalue weighted by molar-refractivity contribution is 0.0837. The summed E-state index contributed by atoms with van der Waals surface area (Å²) in [7, 11) is 0. The number of rotatable bonds is 2. The molecule has 0 amide bonds. The van der Waals surface area contributed by atoms with Crippen LogP contribution in [0.2, 0.25) is 0 Å². The van der Waals surface area contributed by atoms with Crippen molar-refractivity contribution in [3.63, 3.8) is 0 Å². The summed E-state index contributed by atoms with van der Waals surface area (Å²) in [5.74, 6) is 0. The van der Waals surface area contributed by atoms with Gasteiger partial charge in [-0.05, 0) is 43.2 Å². The van der Waals surface area contributed by atoms with Crippen molar-refractivity contribution in [3.8, 4) is 0 Å². The Morgan fingerprint density at radius 1 is 1.00 bits per heavy atom. The number of hydrogen-bond acceptors (Lipinski definition) is 2. The highest BCUT2D eigenvalue weighted by Crippen LogP contribution is 2.24. The van der Waals surface area contributed by atoms with Gasteiger partial charge in [-0.2, -0.15) is 0 Å². The van der Waals surface area contributed by atoms with Crippen LogP contribution in [-0.4, -0.2) is 23.3 Å². The van der Waals surface area contributed by atoms with Gasteiger partial charge in [0, 0.05) is 12.1 Å². The van der Waals surface area contributed by atoms with E-state index in [2.05, 4.69) is 29.6 Å². The molecule has 2 nitrogen and oxygen atoms in total. The predicted octanol–water partition coefficient (Wildman–Crippen LogP) is 2.44. The molecule has 0 bridgehead atoms. The zero-order valence-corrected chi connectivity index (χ0v) is 10.9. The van der Waals surface area contributed by atoms with Gasteiger partial charge in [-0.25, -0.2) is 0 Å². The SMILES string of the molecule is O[C@H]1CCCC[C@@H]1NC1CCc2ccccc2C1. The number of aliphatic hydroxyl groups is 1. The Kier molecular flexibility index (Phi) is 3.67. The molecular weight excluding hydrogens is 222 g/mol. The smallest absolute Gasteiger partial charge is 0.0693 e. The molecule has 2 aliphatic rings. The highest BCUT2D eigenvalue weighted by Gasteiger charge is 2.27. The number of benzene rings is 1. The zero-order chi connectivity index (χ0) is 12.4. The molecule has 2 heteroatoms. The van der Waals surface area contributed by atoms with E-state index in [1.54, 1.807) is 0 Å². The first kappa shape index (κ1) is 12.2. The summed E-state index contributed by atoms with van der Waals surface area (Å²) >= 11 is 0. The molecule has 0 aromatic heterocycles. The number of nitrogens with one attached hydrogen (secondary N) is 1. The van der Waals surface area contributed by atoms with E-state index in [0.29, 0.717) is 12.1 Å². The second-order valence-corrected chi connectivity index (χ2v) is 5.83. The molecule has 98 valence electrons. The molecule has 0 heterocycles. The van der Waals surface area contributed by atoms with Crippen LogP contribution in [0.5, 0.6) is 0 Å². The van der Waals surface area contributed by atoms with Crippen molar-refractivity contribution in [2.45, 2.75) is 63.1 Å². The van der Waals surface area contributed by atoms with E-state index >= 15 is 0 Å². The van der Waals surface area contributed by atoms with Crippen LogP contribution in [0.3, 0.4) is 0 Å². The van der Waals surface area contributed by atoms with Gasteiger partial charge in [-0.1, -0.05) is 37.1 Å². The van der Waals surface area contributed by atoms with Gasteiger partial charge in [0.2, 0.25) is 0 Å². The van der Waals surface area contributed by atoms with E-state index in [1.807, 2.05) is 0 Å². The standard InChI is InChI=1S/C16H23NO/c18-16-8-4-3-7-15(16)17-14-10-9-12-5-1-2-6-13(12)11-14/h1-2,5-6,14-18H,3-4,7-11H2/t14?,15-,16-/m0/s1. The monoisotopic (exact) mass is 245 g/mol. The Balaban J connectivity index is 1.62. The molecule has 18 heavy (non-hydrogen) atoms. The summed E-state index contributed by atoms with van der Waals surface area (Å²) in [6, 6.07) is 9.65. The molecule has 0 saturated heterocycles. The van der Waals surface area contributed by atoms with Gasteiger partial charge in [-0.3, -0.25) is 0 Å². The number of aryl methyl sites for hydroxylation is 1. The summed E-state index contributed by atoms with van der Waals surface area (Å²) in [6.07, 6.45) is 7.94. The van der Waals surface area contributed by atoms with Crippen molar-refractivity contribution in [1.29, 1.82) is 0 Å². The van der Waals surface area contributed by atoms with Crippen LogP contribution < -0.4 is 5.32 Å². The second kappa shape index (κ2) is 5.41. The molecule has 1 saturated carbocycles. The van der Waals surface area contributed by atoms with Crippen LogP contribution in [0, 0.1) is 0 Å². The van der Waals surface area contributed by atoms with Gasteiger partial charge in [0.1, 0.15) is 0 Å². The lowest BCUT2D eigenvalue weighted by Crippen LogP contribution is -2.48. The number of hydrogen-bond donors (Lipinski definition) is 2. The average Bonchev–Trinajstić information content (AvgIpc) is 2.41.